The molecule has 9 heteroatoms. The molecule has 0 amide bonds. The van der Waals surface area contributed by atoms with Crippen molar-refractivity contribution in [1.29, 1.82) is 0 Å². The summed E-state index contributed by atoms with van der Waals surface area (Å²) in [5, 5.41) is 7.51. The van der Waals surface area contributed by atoms with E-state index < -0.39 is 0 Å². The van der Waals surface area contributed by atoms with Crippen molar-refractivity contribution < 1.29 is 0 Å². The van der Waals surface area contributed by atoms with Crippen molar-refractivity contribution in [3.63, 3.8) is 0 Å². The summed E-state index contributed by atoms with van der Waals surface area (Å²) in [6.45, 7) is 1.96. The first-order chi connectivity index (χ1) is 14.8. The maximum absolute atomic E-state index is 4.84. The molecule has 0 aliphatic heterocycles. The van der Waals surface area contributed by atoms with E-state index in [2.05, 4.69) is 30.1 Å². The Morgan fingerprint density at radius 2 is 1.83 bits per heavy atom. The second-order valence-electron chi connectivity index (χ2n) is 6.97. The van der Waals surface area contributed by atoms with E-state index in [0.29, 0.717) is 11.5 Å². The molecule has 0 spiro atoms. The zero-order valence-corrected chi connectivity index (χ0v) is 15.9. The third-order valence-corrected chi connectivity index (χ3v) is 4.97. The van der Waals surface area contributed by atoms with Crippen molar-refractivity contribution in [2.24, 2.45) is 0 Å². The predicted octanol–water partition coefficient (Wildman–Crippen LogP) is 3.45. The van der Waals surface area contributed by atoms with Gasteiger partial charge in [-0.25, -0.2) is 24.9 Å². The second-order valence-corrected chi connectivity index (χ2v) is 6.97. The van der Waals surface area contributed by atoms with E-state index in [4.69, 9.17) is 9.97 Å². The van der Waals surface area contributed by atoms with Crippen LogP contribution in [0.2, 0.25) is 0 Å². The minimum atomic E-state index is 0.648. The van der Waals surface area contributed by atoms with Crippen molar-refractivity contribution in [2.75, 3.05) is 0 Å². The highest BCUT2D eigenvalue weighted by atomic mass is 15.2. The lowest BCUT2D eigenvalue weighted by molar-refractivity contribution is 1.06. The van der Waals surface area contributed by atoms with Crippen LogP contribution in [0, 0.1) is 6.92 Å². The topological polar surface area (TPSA) is 114 Å². The van der Waals surface area contributed by atoms with Gasteiger partial charge in [-0.3, -0.25) is 5.10 Å². The Morgan fingerprint density at radius 1 is 0.933 bits per heavy atom. The molecule has 0 fully saturated rings. The molecule has 0 saturated heterocycles. The van der Waals surface area contributed by atoms with Gasteiger partial charge in [0.05, 0.1) is 34.4 Å². The maximum atomic E-state index is 4.84. The van der Waals surface area contributed by atoms with E-state index in [0.717, 1.165) is 44.7 Å². The molecule has 5 aromatic heterocycles. The van der Waals surface area contributed by atoms with Crippen LogP contribution in [0.4, 0.5) is 0 Å². The molecule has 144 valence electrons. The van der Waals surface area contributed by atoms with Crippen LogP contribution in [0.3, 0.4) is 0 Å². The van der Waals surface area contributed by atoms with Crippen LogP contribution in [0.15, 0.2) is 61.6 Å². The quantitative estimate of drug-likeness (QED) is 0.476. The molecule has 0 radical (unpaired) electrons. The number of pyridine rings is 1. The van der Waals surface area contributed by atoms with Crippen molar-refractivity contribution in [2.45, 2.75) is 6.92 Å². The average Bonchev–Trinajstić information content (AvgIpc) is 3.51. The highest BCUT2D eigenvalue weighted by molar-refractivity contribution is 5.93. The highest BCUT2D eigenvalue weighted by Crippen LogP contribution is 2.29. The minimum absolute atomic E-state index is 0.648. The molecule has 6 rings (SSSR count). The number of para-hydroxylation sites is 1. The largest absolute Gasteiger partial charge is 0.336 e. The molecule has 0 bridgehead atoms. The molecule has 0 unspecified atom stereocenters. The molecular weight excluding hydrogens is 378 g/mol. The Labute approximate surface area is 169 Å². The number of fused-ring (bicyclic) bond motifs is 2. The first-order valence-corrected chi connectivity index (χ1v) is 9.37. The van der Waals surface area contributed by atoms with E-state index in [1.54, 1.807) is 18.7 Å². The molecule has 9 nitrogen and oxygen atoms in total. The molecule has 0 atom stereocenters. The van der Waals surface area contributed by atoms with Crippen LogP contribution in [-0.2, 0) is 0 Å². The number of rotatable bonds is 3. The lowest BCUT2D eigenvalue weighted by Gasteiger charge is -2.01. The number of aryl methyl sites for hydroxylation is 1. The molecule has 0 saturated carbocycles. The molecule has 6 aromatic rings. The number of H-pyrrole nitrogens is 2. The summed E-state index contributed by atoms with van der Waals surface area (Å²) < 4.78 is 1.97. The van der Waals surface area contributed by atoms with Gasteiger partial charge in [-0.05, 0) is 31.2 Å². The van der Waals surface area contributed by atoms with Gasteiger partial charge in [-0.15, -0.1) is 0 Å². The summed E-state index contributed by atoms with van der Waals surface area (Å²) in [5.41, 5.74) is 7.49. The number of nitrogens with zero attached hydrogens (tertiary/aromatic N) is 7. The summed E-state index contributed by atoms with van der Waals surface area (Å²) in [7, 11) is 0. The first kappa shape index (κ1) is 16.5. The normalized spacial score (nSPS) is 11.5. The fourth-order valence-electron chi connectivity index (χ4n) is 3.55. The van der Waals surface area contributed by atoms with Crippen molar-refractivity contribution in [1.82, 2.24) is 44.7 Å². The third kappa shape index (κ3) is 2.56. The number of hydrogen-bond donors (Lipinski definition) is 2. The molecule has 5 heterocycles. The van der Waals surface area contributed by atoms with Crippen LogP contribution in [-0.4, -0.2) is 44.7 Å². The smallest absolute Gasteiger partial charge is 0.161 e. The van der Waals surface area contributed by atoms with Crippen LogP contribution in [0.1, 0.15) is 5.69 Å². The Kier molecular flexibility index (Phi) is 3.48. The Bertz CT molecular complexity index is 1510. The highest BCUT2D eigenvalue weighted by Gasteiger charge is 2.17. The fourth-order valence-corrected chi connectivity index (χ4v) is 3.55. The summed E-state index contributed by atoms with van der Waals surface area (Å²) in [6, 6.07) is 9.87. The summed E-state index contributed by atoms with van der Waals surface area (Å²) in [4.78, 5) is 25.5. The van der Waals surface area contributed by atoms with Crippen molar-refractivity contribution >= 4 is 22.1 Å². The van der Waals surface area contributed by atoms with E-state index in [1.165, 1.54) is 6.33 Å². The van der Waals surface area contributed by atoms with Gasteiger partial charge in [0.15, 0.2) is 11.5 Å². The van der Waals surface area contributed by atoms with E-state index in [9.17, 15) is 0 Å². The van der Waals surface area contributed by atoms with Gasteiger partial charge in [0.1, 0.15) is 17.4 Å². The Morgan fingerprint density at radius 3 is 2.67 bits per heavy atom. The molecule has 0 aliphatic carbocycles. The number of imidazole rings is 2. The number of aromatic amines is 2. The number of nitrogens with one attached hydrogen (secondary N) is 2. The van der Waals surface area contributed by atoms with Crippen LogP contribution in [0.5, 0.6) is 0 Å². The van der Waals surface area contributed by atoms with Gasteiger partial charge < -0.3 is 9.55 Å². The predicted molar refractivity (Wildman–Crippen MR) is 112 cm³/mol. The Hall–Kier alpha value is -4.40. The average molecular weight is 393 g/mol. The first-order valence-electron chi connectivity index (χ1n) is 9.37. The van der Waals surface area contributed by atoms with E-state index in [-0.39, 0.29) is 0 Å². The SMILES string of the molecule is Cc1cn(-c2cccc3[nH]c(-c4n[nH]c5ccc(-c6cncnc6)nc45)nc23)cn1. The van der Waals surface area contributed by atoms with Gasteiger partial charge in [0, 0.05) is 24.2 Å². The van der Waals surface area contributed by atoms with Crippen LogP contribution >= 0.6 is 0 Å². The van der Waals surface area contributed by atoms with E-state index in [1.807, 2.05) is 48.0 Å². The van der Waals surface area contributed by atoms with Gasteiger partial charge in [0.25, 0.3) is 0 Å². The fraction of sp³-hybridized carbons (Fsp3) is 0.0476. The van der Waals surface area contributed by atoms with Gasteiger partial charge in [-0.1, -0.05) is 6.07 Å². The van der Waals surface area contributed by atoms with Crippen molar-refractivity contribution in [3.05, 3.63) is 67.3 Å². The lowest BCUT2D eigenvalue weighted by atomic mass is 10.2. The summed E-state index contributed by atoms with van der Waals surface area (Å²) in [6.07, 6.45) is 8.74. The Balaban J connectivity index is 1.52. The molecular formula is C21H15N9. The monoisotopic (exact) mass is 393 g/mol. The van der Waals surface area contributed by atoms with Gasteiger partial charge in [-0.2, -0.15) is 5.10 Å². The van der Waals surface area contributed by atoms with Crippen LogP contribution in [0.25, 0.3) is 50.5 Å². The molecule has 30 heavy (non-hydrogen) atoms. The van der Waals surface area contributed by atoms with Gasteiger partial charge >= 0.3 is 0 Å². The number of benzene rings is 1. The standard InChI is InChI=1S/C21H15N9/c1-12-9-30(11-24-12)17-4-2-3-15-18(17)27-21(26-15)20-19-16(28-29-20)6-5-14(25-19)13-7-22-10-23-8-13/h2-11H,1H3,(H,26,27)(H,28,29). The van der Waals surface area contributed by atoms with Gasteiger partial charge in [0.2, 0.25) is 0 Å². The second kappa shape index (κ2) is 6.31. The molecule has 0 aliphatic rings. The molecule has 1 aromatic carbocycles. The zero-order chi connectivity index (χ0) is 20.1. The third-order valence-electron chi connectivity index (χ3n) is 4.97. The lowest BCUT2D eigenvalue weighted by Crippen LogP contribution is -1.91. The summed E-state index contributed by atoms with van der Waals surface area (Å²) >= 11 is 0. The van der Waals surface area contributed by atoms with Crippen LogP contribution < -0.4 is 0 Å². The molecule has 2 N–H and O–H groups in total. The summed E-state index contributed by atoms with van der Waals surface area (Å²) in [5.74, 6) is 0.648. The maximum Gasteiger partial charge on any atom is 0.161 e. The van der Waals surface area contributed by atoms with Crippen molar-refractivity contribution in [3.8, 4) is 28.5 Å². The van der Waals surface area contributed by atoms with E-state index >= 15 is 0 Å². The minimum Gasteiger partial charge on any atom is -0.336 e. The number of aromatic nitrogens is 9. The number of hydrogen-bond acceptors (Lipinski definition) is 6. The zero-order valence-electron chi connectivity index (χ0n) is 15.9.